The van der Waals surface area contributed by atoms with E-state index in [0.717, 1.165) is 17.3 Å². The maximum atomic E-state index is 11.8. The molecule has 2 rings (SSSR count). The standard InChI is InChI=1S/C14H18ClN3O/c1-10(2)5-6-16-14(19)9-18-13-7-12(15)4-3-11(13)8-17-18/h3-4,7-8,10H,5-6,9H2,1-2H3,(H,16,19). The first kappa shape index (κ1) is 13.9. The largest absolute Gasteiger partial charge is 0.354 e. The predicted octanol–water partition coefficient (Wildman–Crippen LogP) is 2.85. The van der Waals surface area contributed by atoms with E-state index in [1.165, 1.54) is 0 Å². The van der Waals surface area contributed by atoms with Crippen molar-refractivity contribution in [2.45, 2.75) is 26.8 Å². The van der Waals surface area contributed by atoms with E-state index in [9.17, 15) is 4.79 Å². The van der Waals surface area contributed by atoms with Crippen molar-refractivity contribution in [2.24, 2.45) is 5.92 Å². The summed E-state index contributed by atoms with van der Waals surface area (Å²) in [6, 6.07) is 5.54. The van der Waals surface area contributed by atoms with Gasteiger partial charge in [0.15, 0.2) is 0 Å². The van der Waals surface area contributed by atoms with E-state index in [-0.39, 0.29) is 12.5 Å². The second-order valence-electron chi connectivity index (χ2n) is 5.04. The fourth-order valence-electron chi connectivity index (χ4n) is 1.86. The number of hydrogen-bond acceptors (Lipinski definition) is 2. The van der Waals surface area contributed by atoms with Crippen molar-refractivity contribution in [1.82, 2.24) is 15.1 Å². The summed E-state index contributed by atoms with van der Waals surface area (Å²) in [6.07, 6.45) is 2.73. The van der Waals surface area contributed by atoms with Crippen molar-refractivity contribution >= 4 is 28.4 Å². The number of carbonyl (C=O) groups is 1. The average Bonchev–Trinajstić information content (AvgIpc) is 2.71. The first-order valence-corrected chi connectivity index (χ1v) is 6.82. The smallest absolute Gasteiger partial charge is 0.241 e. The number of hydrogen-bond donors (Lipinski definition) is 1. The Bertz CT molecular complexity index is 577. The Hall–Kier alpha value is -1.55. The summed E-state index contributed by atoms with van der Waals surface area (Å²) in [5.41, 5.74) is 0.881. The summed E-state index contributed by atoms with van der Waals surface area (Å²) in [6.45, 7) is 5.20. The van der Waals surface area contributed by atoms with E-state index in [1.54, 1.807) is 10.9 Å². The Labute approximate surface area is 117 Å². The Morgan fingerprint density at radius 1 is 1.47 bits per heavy atom. The molecule has 1 N–H and O–H groups in total. The molecule has 1 aromatic heterocycles. The van der Waals surface area contributed by atoms with Crippen LogP contribution in [0.15, 0.2) is 24.4 Å². The Morgan fingerprint density at radius 3 is 3.00 bits per heavy atom. The number of nitrogens with one attached hydrogen (secondary N) is 1. The molecule has 0 saturated carbocycles. The average molecular weight is 280 g/mol. The van der Waals surface area contributed by atoms with Crippen LogP contribution in [0.3, 0.4) is 0 Å². The number of halogens is 1. The summed E-state index contributed by atoms with van der Waals surface area (Å²) in [5.74, 6) is 0.565. The van der Waals surface area contributed by atoms with Gasteiger partial charge in [0.05, 0.1) is 11.7 Å². The maximum Gasteiger partial charge on any atom is 0.241 e. The molecule has 4 nitrogen and oxygen atoms in total. The highest BCUT2D eigenvalue weighted by molar-refractivity contribution is 6.31. The van der Waals surface area contributed by atoms with Crippen LogP contribution in [-0.2, 0) is 11.3 Å². The van der Waals surface area contributed by atoms with Crippen LogP contribution in [0.25, 0.3) is 10.9 Å². The lowest BCUT2D eigenvalue weighted by molar-refractivity contribution is -0.121. The van der Waals surface area contributed by atoms with Crippen LogP contribution >= 0.6 is 11.6 Å². The molecule has 0 bridgehead atoms. The van der Waals surface area contributed by atoms with E-state index >= 15 is 0 Å². The molecule has 102 valence electrons. The number of nitrogens with zero attached hydrogens (tertiary/aromatic N) is 2. The van der Waals surface area contributed by atoms with Crippen LogP contribution in [0.1, 0.15) is 20.3 Å². The topological polar surface area (TPSA) is 46.9 Å². The van der Waals surface area contributed by atoms with Gasteiger partial charge in [-0.25, -0.2) is 0 Å². The van der Waals surface area contributed by atoms with Gasteiger partial charge >= 0.3 is 0 Å². The third-order valence-corrected chi connectivity index (χ3v) is 3.18. The SMILES string of the molecule is CC(C)CCNC(=O)Cn1ncc2ccc(Cl)cc21. The van der Waals surface area contributed by atoms with Gasteiger partial charge in [-0.1, -0.05) is 25.4 Å². The Balaban J connectivity index is 2.01. The van der Waals surface area contributed by atoms with Crippen LogP contribution < -0.4 is 5.32 Å². The minimum Gasteiger partial charge on any atom is -0.354 e. The first-order valence-electron chi connectivity index (χ1n) is 6.44. The van der Waals surface area contributed by atoms with Gasteiger partial charge in [-0.2, -0.15) is 5.10 Å². The lowest BCUT2D eigenvalue weighted by Crippen LogP contribution is -2.29. The molecule has 2 aromatic rings. The minimum absolute atomic E-state index is 0.0226. The van der Waals surface area contributed by atoms with Crippen LogP contribution in [0.4, 0.5) is 0 Å². The van der Waals surface area contributed by atoms with Crippen molar-refractivity contribution in [3.8, 4) is 0 Å². The number of rotatable bonds is 5. The molecule has 1 heterocycles. The van der Waals surface area contributed by atoms with Gasteiger partial charge in [-0.15, -0.1) is 0 Å². The summed E-state index contributed by atoms with van der Waals surface area (Å²) in [4.78, 5) is 11.8. The molecule has 19 heavy (non-hydrogen) atoms. The van der Waals surface area contributed by atoms with Crippen molar-refractivity contribution in [3.63, 3.8) is 0 Å². The number of benzene rings is 1. The highest BCUT2D eigenvalue weighted by Gasteiger charge is 2.08. The molecule has 0 spiro atoms. The molecule has 0 aliphatic carbocycles. The summed E-state index contributed by atoms with van der Waals surface area (Å²) in [7, 11) is 0. The molecule has 0 saturated heterocycles. The number of amides is 1. The lowest BCUT2D eigenvalue weighted by atomic mass is 10.1. The molecule has 0 aliphatic rings. The minimum atomic E-state index is -0.0226. The van der Waals surface area contributed by atoms with Gasteiger partial charge in [0.1, 0.15) is 6.54 Å². The van der Waals surface area contributed by atoms with Crippen molar-refractivity contribution < 1.29 is 4.79 Å². The fraction of sp³-hybridized carbons (Fsp3) is 0.429. The summed E-state index contributed by atoms with van der Waals surface area (Å²) >= 11 is 5.96. The van der Waals surface area contributed by atoms with E-state index < -0.39 is 0 Å². The molecule has 1 amide bonds. The van der Waals surface area contributed by atoms with Crippen LogP contribution in [-0.4, -0.2) is 22.2 Å². The maximum absolute atomic E-state index is 11.8. The van der Waals surface area contributed by atoms with E-state index in [4.69, 9.17) is 11.6 Å². The van der Waals surface area contributed by atoms with Crippen LogP contribution in [0.2, 0.25) is 5.02 Å². The zero-order valence-corrected chi connectivity index (χ0v) is 11.9. The van der Waals surface area contributed by atoms with Crippen LogP contribution in [0, 0.1) is 5.92 Å². The molecule has 1 aromatic carbocycles. The molecule has 5 heteroatoms. The fourth-order valence-corrected chi connectivity index (χ4v) is 2.03. The summed E-state index contributed by atoms with van der Waals surface area (Å²) < 4.78 is 1.67. The highest BCUT2D eigenvalue weighted by atomic mass is 35.5. The third kappa shape index (κ3) is 3.70. The zero-order valence-electron chi connectivity index (χ0n) is 11.2. The zero-order chi connectivity index (χ0) is 13.8. The Morgan fingerprint density at radius 2 is 2.26 bits per heavy atom. The first-order chi connectivity index (χ1) is 9.06. The van der Waals surface area contributed by atoms with Gasteiger partial charge in [0, 0.05) is 17.0 Å². The van der Waals surface area contributed by atoms with Gasteiger partial charge in [0.25, 0.3) is 0 Å². The van der Waals surface area contributed by atoms with Crippen LogP contribution in [0.5, 0.6) is 0 Å². The van der Waals surface area contributed by atoms with E-state index in [1.807, 2.05) is 18.2 Å². The summed E-state index contributed by atoms with van der Waals surface area (Å²) in [5, 5.41) is 8.75. The second kappa shape index (κ2) is 6.06. The van der Waals surface area contributed by atoms with Gasteiger partial charge in [0.2, 0.25) is 5.91 Å². The number of aromatic nitrogens is 2. The molecule has 0 radical (unpaired) electrons. The molecule has 0 unspecified atom stereocenters. The second-order valence-corrected chi connectivity index (χ2v) is 5.47. The van der Waals surface area contributed by atoms with Crippen molar-refractivity contribution in [1.29, 1.82) is 0 Å². The van der Waals surface area contributed by atoms with Gasteiger partial charge < -0.3 is 5.32 Å². The Kier molecular flexibility index (Phi) is 4.43. The normalized spacial score (nSPS) is 11.2. The number of fused-ring (bicyclic) bond motifs is 1. The molecule has 0 aliphatic heterocycles. The quantitative estimate of drug-likeness (QED) is 0.915. The van der Waals surface area contributed by atoms with Gasteiger partial charge in [-0.3, -0.25) is 9.48 Å². The monoisotopic (exact) mass is 279 g/mol. The molecule has 0 atom stereocenters. The number of carbonyl (C=O) groups excluding carboxylic acids is 1. The molecular formula is C14H18ClN3O. The van der Waals surface area contributed by atoms with E-state index in [2.05, 4.69) is 24.3 Å². The van der Waals surface area contributed by atoms with E-state index in [0.29, 0.717) is 17.5 Å². The third-order valence-electron chi connectivity index (χ3n) is 2.94. The van der Waals surface area contributed by atoms with Crippen molar-refractivity contribution in [2.75, 3.05) is 6.54 Å². The predicted molar refractivity (Wildman–Crippen MR) is 77.2 cm³/mol. The lowest BCUT2D eigenvalue weighted by Gasteiger charge is -2.08. The molecular weight excluding hydrogens is 262 g/mol. The molecule has 0 fully saturated rings. The van der Waals surface area contributed by atoms with Gasteiger partial charge in [-0.05, 0) is 30.5 Å². The van der Waals surface area contributed by atoms with Crippen molar-refractivity contribution in [3.05, 3.63) is 29.4 Å². The highest BCUT2D eigenvalue weighted by Crippen LogP contribution is 2.18.